The monoisotopic (exact) mass is 271 g/mol. The summed E-state index contributed by atoms with van der Waals surface area (Å²) in [6.07, 6.45) is 1.34. The van der Waals surface area contributed by atoms with Crippen molar-refractivity contribution in [3.8, 4) is 0 Å². The van der Waals surface area contributed by atoms with Crippen LogP contribution in [-0.4, -0.2) is 11.2 Å². The van der Waals surface area contributed by atoms with E-state index in [0.29, 0.717) is 5.92 Å². The minimum Gasteiger partial charge on any atom is -0.391 e. The SMILES string of the molecule is Cc1ccc(C)c([C@H](N)[C@H](O)CCC(C)C)c1.Cl. The molecule has 2 atom stereocenters. The first-order valence-electron chi connectivity index (χ1n) is 6.42. The number of rotatable bonds is 5. The quantitative estimate of drug-likeness (QED) is 0.861. The van der Waals surface area contributed by atoms with Crippen LogP contribution in [0.1, 0.15) is 49.4 Å². The van der Waals surface area contributed by atoms with Crippen LogP contribution in [0.3, 0.4) is 0 Å². The summed E-state index contributed by atoms with van der Waals surface area (Å²) in [7, 11) is 0. The molecule has 0 amide bonds. The molecular weight excluding hydrogens is 246 g/mol. The molecule has 1 rings (SSSR count). The summed E-state index contributed by atoms with van der Waals surface area (Å²) in [5.74, 6) is 0.607. The molecule has 1 aromatic carbocycles. The normalized spacial score (nSPS) is 14.2. The fraction of sp³-hybridized carbons (Fsp3) is 0.600. The summed E-state index contributed by atoms with van der Waals surface area (Å²) in [4.78, 5) is 0. The molecule has 0 saturated carbocycles. The second-order valence-electron chi connectivity index (χ2n) is 5.42. The van der Waals surface area contributed by atoms with E-state index in [0.717, 1.165) is 24.0 Å². The van der Waals surface area contributed by atoms with Gasteiger partial charge in [0, 0.05) is 0 Å². The van der Waals surface area contributed by atoms with Gasteiger partial charge < -0.3 is 10.8 Å². The second-order valence-corrected chi connectivity index (χ2v) is 5.42. The van der Waals surface area contributed by atoms with E-state index in [2.05, 4.69) is 39.0 Å². The van der Waals surface area contributed by atoms with E-state index >= 15 is 0 Å². The Bertz CT molecular complexity index is 366. The number of aryl methyl sites for hydroxylation is 2. The lowest BCUT2D eigenvalue weighted by Crippen LogP contribution is -2.27. The van der Waals surface area contributed by atoms with Gasteiger partial charge in [-0.2, -0.15) is 0 Å². The van der Waals surface area contributed by atoms with Crippen molar-refractivity contribution in [2.45, 2.75) is 52.7 Å². The molecule has 0 heterocycles. The van der Waals surface area contributed by atoms with Crippen LogP contribution in [0.25, 0.3) is 0 Å². The number of benzene rings is 1. The Morgan fingerprint density at radius 3 is 2.33 bits per heavy atom. The Morgan fingerprint density at radius 2 is 1.78 bits per heavy atom. The summed E-state index contributed by atoms with van der Waals surface area (Å²) < 4.78 is 0. The largest absolute Gasteiger partial charge is 0.391 e. The summed E-state index contributed by atoms with van der Waals surface area (Å²) in [6, 6.07) is 5.96. The summed E-state index contributed by atoms with van der Waals surface area (Å²) in [6.45, 7) is 8.42. The zero-order valence-corrected chi connectivity index (χ0v) is 12.6. The third-order valence-electron chi connectivity index (χ3n) is 3.25. The smallest absolute Gasteiger partial charge is 0.0733 e. The number of hydrogen-bond acceptors (Lipinski definition) is 2. The molecule has 0 unspecified atom stereocenters. The van der Waals surface area contributed by atoms with Gasteiger partial charge in [0.2, 0.25) is 0 Å². The van der Waals surface area contributed by atoms with Crippen LogP contribution in [0.2, 0.25) is 0 Å². The maximum Gasteiger partial charge on any atom is 0.0733 e. The van der Waals surface area contributed by atoms with Gasteiger partial charge in [0.05, 0.1) is 12.1 Å². The van der Waals surface area contributed by atoms with Crippen molar-refractivity contribution >= 4 is 12.4 Å². The molecule has 104 valence electrons. The lowest BCUT2D eigenvalue weighted by atomic mass is 9.92. The van der Waals surface area contributed by atoms with Gasteiger partial charge in [0.25, 0.3) is 0 Å². The Balaban J connectivity index is 0.00000289. The van der Waals surface area contributed by atoms with E-state index in [-0.39, 0.29) is 18.4 Å². The van der Waals surface area contributed by atoms with E-state index < -0.39 is 6.10 Å². The van der Waals surface area contributed by atoms with Crippen molar-refractivity contribution in [1.82, 2.24) is 0 Å². The van der Waals surface area contributed by atoms with E-state index in [1.54, 1.807) is 0 Å². The Kier molecular flexibility index (Phi) is 7.53. The first kappa shape index (κ1) is 17.4. The highest BCUT2D eigenvalue weighted by Gasteiger charge is 2.18. The second kappa shape index (κ2) is 7.78. The van der Waals surface area contributed by atoms with E-state index in [9.17, 15) is 5.11 Å². The predicted molar refractivity (Wildman–Crippen MR) is 80.2 cm³/mol. The van der Waals surface area contributed by atoms with Crippen molar-refractivity contribution in [1.29, 1.82) is 0 Å². The van der Waals surface area contributed by atoms with Crippen molar-refractivity contribution in [2.24, 2.45) is 11.7 Å². The number of nitrogens with two attached hydrogens (primary N) is 1. The fourth-order valence-electron chi connectivity index (χ4n) is 2.01. The van der Waals surface area contributed by atoms with Gasteiger partial charge in [-0.15, -0.1) is 12.4 Å². The number of aliphatic hydroxyl groups is 1. The van der Waals surface area contributed by atoms with Crippen LogP contribution >= 0.6 is 12.4 Å². The maximum absolute atomic E-state index is 10.1. The van der Waals surface area contributed by atoms with Gasteiger partial charge >= 0.3 is 0 Å². The zero-order valence-electron chi connectivity index (χ0n) is 11.8. The van der Waals surface area contributed by atoms with E-state index in [1.165, 1.54) is 5.56 Å². The molecule has 0 saturated heterocycles. The Hall–Kier alpha value is -0.570. The molecular formula is C15H26ClNO. The summed E-state index contributed by atoms with van der Waals surface area (Å²) >= 11 is 0. The minimum absolute atomic E-state index is 0. The molecule has 0 aliphatic rings. The highest BCUT2D eigenvalue weighted by Crippen LogP contribution is 2.23. The van der Waals surface area contributed by atoms with Crippen molar-refractivity contribution in [2.75, 3.05) is 0 Å². The fourth-order valence-corrected chi connectivity index (χ4v) is 2.01. The van der Waals surface area contributed by atoms with Crippen LogP contribution in [0.4, 0.5) is 0 Å². The minimum atomic E-state index is -0.446. The maximum atomic E-state index is 10.1. The molecule has 3 heteroatoms. The molecule has 2 nitrogen and oxygen atoms in total. The van der Waals surface area contributed by atoms with E-state index in [4.69, 9.17) is 5.73 Å². The molecule has 0 radical (unpaired) electrons. The first-order valence-corrected chi connectivity index (χ1v) is 6.42. The zero-order chi connectivity index (χ0) is 13.0. The van der Waals surface area contributed by atoms with Gasteiger partial charge in [0.1, 0.15) is 0 Å². The summed E-state index contributed by atoms with van der Waals surface area (Å²) in [5.41, 5.74) is 9.57. The van der Waals surface area contributed by atoms with Gasteiger partial charge in [-0.1, -0.05) is 37.6 Å². The Labute approximate surface area is 117 Å². The molecule has 0 bridgehead atoms. The first-order chi connectivity index (χ1) is 7.91. The molecule has 0 spiro atoms. The Morgan fingerprint density at radius 1 is 1.17 bits per heavy atom. The van der Waals surface area contributed by atoms with Crippen molar-refractivity contribution < 1.29 is 5.11 Å². The van der Waals surface area contributed by atoms with Gasteiger partial charge in [0.15, 0.2) is 0 Å². The molecule has 0 aliphatic heterocycles. The number of hydrogen-bond donors (Lipinski definition) is 2. The van der Waals surface area contributed by atoms with Gasteiger partial charge in [-0.3, -0.25) is 0 Å². The van der Waals surface area contributed by atoms with Crippen LogP contribution < -0.4 is 5.73 Å². The third kappa shape index (κ3) is 4.97. The van der Waals surface area contributed by atoms with Crippen molar-refractivity contribution in [3.63, 3.8) is 0 Å². The van der Waals surface area contributed by atoms with Crippen molar-refractivity contribution in [3.05, 3.63) is 34.9 Å². The van der Waals surface area contributed by atoms with Crippen LogP contribution in [0, 0.1) is 19.8 Å². The molecule has 18 heavy (non-hydrogen) atoms. The highest BCUT2D eigenvalue weighted by atomic mass is 35.5. The number of aliphatic hydroxyl groups excluding tert-OH is 1. The lowest BCUT2D eigenvalue weighted by Gasteiger charge is -2.22. The standard InChI is InChI=1S/C15H25NO.ClH/c1-10(2)5-8-14(17)15(16)13-9-11(3)6-7-12(13)4;/h6-7,9-10,14-15,17H,5,8,16H2,1-4H3;1H/t14-,15+;/m1./s1. The number of halogens is 1. The topological polar surface area (TPSA) is 46.2 Å². The summed E-state index contributed by atoms with van der Waals surface area (Å²) in [5, 5.41) is 10.1. The van der Waals surface area contributed by atoms with Crippen LogP contribution in [0.15, 0.2) is 18.2 Å². The lowest BCUT2D eigenvalue weighted by molar-refractivity contribution is 0.128. The molecule has 1 aromatic rings. The highest BCUT2D eigenvalue weighted by molar-refractivity contribution is 5.85. The van der Waals surface area contributed by atoms with Gasteiger partial charge in [-0.25, -0.2) is 0 Å². The third-order valence-corrected chi connectivity index (χ3v) is 3.25. The van der Waals surface area contributed by atoms with Crippen LogP contribution in [-0.2, 0) is 0 Å². The molecule has 0 fully saturated rings. The molecule has 0 aromatic heterocycles. The average molecular weight is 272 g/mol. The predicted octanol–water partition coefficient (Wildman–Crippen LogP) is 3.52. The van der Waals surface area contributed by atoms with Crippen LogP contribution in [0.5, 0.6) is 0 Å². The average Bonchev–Trinajstić information content (AvgIpc) is 2.28. The molecule has 3 N–H and O–H groups in total. The molecule has 0 aliphatic carbocycles. The van der Waals surface area contributed by atoms with E-state index in [1.807, 2.05) is 6.92 Å². The van der Waals surface area contributed by atoms with Gasteiger partial charge in [-0.05, 0) is 43.7 Å².